The highest BCUT2D eigenvalue weighted by atomic mass is 16.5. The maximum Gasteiger partial charge on any atom is 0.260 e. The van der Waals surface area contributed by atoms with Crippen LogP contribution in [0.4, 0.5) is 5.69 Å². The fourth-order valence-electron chi connectivity index (χ4n) is 2.28. The van der Waals surface area contributed by atoms with Crippen LogP contribution in [0.5, 0.6) is 5.75 Å². The molecule has 2 rings (SSSR count). The molecule has 20 heavy (non-hydrogen) atoms. The molecule has 0 spiro atoms. The third kappa shape index (κ3) is 3.65. The number of benzene rings is 1. The summed E-state index contributed by atoms with van der Waals surface area (Å²) >= 11 is 0. The standard InChI is InChI=1S/C16H24N2O2/c1-11(2)10-18-16(19)12(3)20-15-8-4-7-14-13(15)6-5-9-17-14/h4,7-8,11-12,17H,5-6,9-10H2,1-3H3,(H,18,19). The van der Waals surface area contributed by atoms with Crippen LogP contribution in [0, 0.1) is 5.92 Å². The number of ether oxygens (including phenoxy) is 1. The number of hydrogen-bond donors (Lipinski definition) is 2. The van der Waals surface area contributed by atoms with Gasteiger partial charge in [0.05, 0.1) is 0 Å². The summed E-state index contributed by atoms with van der Waals surface area (Å²) in [7, 11) is 0. The molecule has 1 heterocycles. The molecule has 0 radical (unpaired) electrons. The zero-order chi connectivity index (χ0) is 14.5. The largest absolute Gasteiger partial charge is 0.481 e. The Kier molecular flexibility index (Phi) is 4.88. The molecule has 1 aliphatic rings. The van der Waals surface area contributed by atoms with E-state index in [-0.39, 0.29) is 5.91 Å². The van der Waals surface area contributed by atoms with E-state index in [2.05, 4.69) is 30.5 Å². The van der Waals surface area contributed by atoms with Crippen molar-refractivity contribution in [2.75, 3.05) is 18.4 Å². The molecule has 0 aromatic heterocycles. The second-order valence-corrected chi connectivity index (χ2v) is 5.71. The van der Waals surface area contributed by atoms with Crippen molar-refractivity contribution in [3.63, 3.8) is 0 Å². The molecule has 1 amide bonds. The van der Waals surface area contributed by atoms with Gasteiger partial charge in [0.1, 0.15) is 5.75 Å². The Bertz CT molecular complexity index is 472. The number of carbonyl (C=O) groups is 1. The van der Waals surface area contributed by atoms with Crippen molar-refractivity contribution in [2.45, 2.75) is 39.7 Å². The van der Waals surface area contributed by atoms with Gasteiger partial charge in [0.2, 0.25) is 0 Å². The Morgan fingerprint density at radius 3 is 2.95 bits per heavy atom. The third-order valence-corrected chi connectivity index (χ3v) is 3.41. The number of anilines is 1. The van der Waals surface area contributed by atoms with Gasteiger partial charge in [-0.2, -0.15) is 0 Å². The lowest BCUT2D eigenvalue weighted by atomic mass is 10.0. The maximum atomic E-state index is 12.0. The summed E-state index contributed by atoms with van der Waals surface area (Å²) in [4.78, 5) is 12.0. The van der Waals surface area contributed by atoms with E-state index in [0.717, 1.165) is 30.8 Å². The van der Waals surface area contributed by atoms with Crippen LogP contribution in [0.3, 0.4) is 0 Å². The zero-order valence-corrected chi connectivity index (χ0v) is 12.5. The lowest BCUT2D eigenvalue weighted by Crippen LogP contribution is -2.38. The predicted molar refractivity (Wildman–Crippen MR) is 81.2 cm³/mol. The summed E-state index contributed by atoms with van der Waals surface area (Å²) in [6.45, 7) is 7.63. The Labute approximate surface area is 120 Å². The Morgan fingerprint density at radius 2 is 2.20 bits per heavy atom. The van der Waals surface area contributed by atoms with Gasteiger partial charge >= 0.3 is 0 Å². The van der Waals surface area contributed by atoms with E-state index in [0.29, 0.717) is 12.5 Å². The van der Waals surface area contributed by atoms with Gasteiger partial charge in [-0.05, 0) is 37.8 Å². The van der Waals surface area contributed by atoms with Gasteiger partial charge in [0.25, 0.3) is 5.91 Å². The van der Waals surface area contributed by atoms with Crippen molar-refractivity contribution in [2.24, 2.45) is 5.92 Å². The lowest BCUT2D eigenvalue weighted by molar-refractivity contribution is -0.127. The van der Waals surface area contributed by atoms with E-state index in [1.165, 1.54) is 5.56 Å². The smallest absolute Gasteiger partial charge is 0.260 e. The molecule has 2 N–H and O–H groups in total. The number of fused-ring (bicyclic) bond motifs is 1. The molecule has 1 aliphatic heterocycles. The summed E-state index contributed by atoms with van der Waals surface area (Å²) in [5, 5.41) is 6.27. The predicted octanol–water partition coefficient (Wildman–Crippen LogP) is 2.58. The first-order valence-electron chi connectivity index (χ1n) is 7.38. The molecule has 1 aromatic rings. The van der Waals surface area contributed by atoms with Gasteiger partial charge in [-0.3, -0.25) is 4.79 Å². The van der Waals surface area contributed by atoms with Gasteiger partial charge < -0.3 is 15.4 Å². The van der Waals surface area contributed by atoms with Crippen LogP contribution in [0.2, 0.25) is 0 Å². The van der Waals surface area contributed by atoms with Crippen LogP contribution in [0.25, 0.3) is 0 Å². The summed E-state index contributed by atoms with van der Waals surface area (Å²) in [5.41, 5.74) is 2.31. The van der Waals surface area contributed by atoms with Crippen LogP contribution in [-0.4, -0.2) is 25.1 Å². The van der Waals surface area contributed by atoms with Crippen molar-refractivity contribution in [3.05, 3.63) is 23.8 Å². The minimum Gasteiger partial charge on any atom is -0.481 e. The fraction of sp³-hybridized carbons (Fsp3) is 0.562. The van der Waals surface area contributed by atoms with E-state index >= 15 is 0 Å². The highest BCUT2D eigenvalue weighted by Crippen LogP contribution is 2.31. The molecular weight excluding hydrogens is 252 g/mol. The number of hydrogen-bond acceptors (Lipinski definition) is 3. The first kappa shape index (κ1) is 14.7. The maximum absolute atomic E-state index is 12.0. The van der Waals surface area contributed by atoms with E-state index < -0.39 is 6.10 Å². The van der Waals surface area contributed by atoms with Crippen LogP contribution in [-0.2, 0) is 11.2 Å². The molecule has 1 unspecified atom stereocenters. The number of nitrogens with one attached hydrogen (secondary N) is 2. The monoisotopic (exact) mass is 276 g/mol. The van der Waals surface area contributed by atoms with Crippen molar-refractivity contribution < 1.29 is 9.53 Å². The minimum atomic E-state index is -0.470. The Balaban J connectivity index is 2.01. The van der Waals surface area contributed by atoms with Gasteiger partial charge in [0.15, 0.2) is 6.10 Å². The van der Waals surface area contributed by atoms with Gasteiger partial charge in [-0.1, -0.05) is 19.9 Å². The topological polar surface area (TPSA) is 50.4 Å². The zero-order valence-electron chi connectivity index (χ0n) is 12.5. The Hall–Kier alpha value is -1.71. The quantitative estimate of drug-likeness (QED) is 0.869. The van der Waals surface area contributed by atoms with Gasteiger partial charge in [-0.15, -0.1) is 0 Å². The third-order valence-electron chi connectivity index (χ3n) is 3.41. The molecule has 0 bridgehead atoms. The summed E-state index contributed by atoms with van der Waals surface area (Å²) < 4.78 is 5.85. The molecule has 4 heteroatoms. The summed E-state index contributed by atoms with van der Waals surface area (Å²) in [6.07, 6.45) is 1.63. The summed E-state index contributed by atoms with van der Waals surface area (Å²) in [5.74, 6) is 1.21. The molecule has 0 fully saturated rings. The van der Waals surface area contributed by atoms with Crippen LogP contribution in [0.15, 0.2) is 18.2 Å². The summed E-state index contributed by atoms with van der Waals surface area (Å²) in [6, 6.07) is 5.97. The minimum absolute atomic E-state index is 0.0555. The molecule has 0 saturated carbocycles. The van der Waals surface area contributed by atoms with Crippen molar-refractivity contribution >= 4 is 11.6 Å². The second-order valence-electron chi connectivity index (χ2n) is 5.71. The number of rotatable bonds is 5. The molecule has 0 saturated heterocycles. The fourth-order valence-corrected chi connectivity index (χ4v) is 2.28. The normalized spacial score (nSPS) is 15.2. The molecule has 0 aliphatic carbocycles. The molecule has 1 aromatic carbocycles. The highest BCUT2D eigenvalue weighted by molar-refractivity contribution is 5.80. The van der Waals surface area contributed by atoms with E-state index in [1.807, 2.05) is 12.1 Å². The molecule has 1 atom stereocenters. The highest BCUT2D eigenvalue weighted by Gasteiger charge is 2.19. The van der Waals surface area contributed by atoms with Crippen LogP contribution >= 0.6 is 0 Å². The van der Waals surface area contributed by atoms with Gasteiger partial charge in [0, 0.05) is 24.3 Å². The first-order valence-corrected chi connectivity index (χ1v) is 7.38. The average molecular weight is 276 g/mol. The number of carbonyl (C=O) groups excluding carboxylic acids is 1. The molecule has 110 valence electrons. The number of amides is 1. The van der Waals surface area contributed by atoms with E-state index in [1.54, 1.807) is 6.92 Å². The SMILES string of the molecule is CC(C)CNC(=O)C(C)Oc1cccc2c1CCCN2. The molecule has 4 nitrogen and oxygen atoms in total. The van der Waals surface area contributed by atoms with Crippen molar-refractivity contribution in [1.82, 2.24) is 5.32 Å². The van der Waals surface area contributed by atoms with E-state index in [4.69, 9.17) is 4.74 Å². The average Bonchev–Trinajstić information content (AvgIpc) is 2.45. The van der Waals surface area contributed by atoms with E-state index in [9.17, 15) is 4.79 Å². The first-order chi connectivity index (χ1) is 9.58. The van der Waals surface area contributed by atoms with Crippen molar-refractivity contribution in [1.29, 1.82) is 0 Å². The van der Waals surface area contributed by atoms with Crippen LogP contribution in [0.1, 0.15) is 32.8 Å². The molecular formula is C16H24N2O2. The van der Waals surface area contributed by atoms with Gasteiger partial charge in [-0.25, -0.2) is 0 Å². The van der Waals surface area contributed by atoms with Crippen molar-refractivity contribution in [3.8, 4) is 5.75 Å². The lowest BCUT2D eigenvalue weighted by Gasteiger charge is -2.23. The Morgan fingerprint density at radius 1 is 1.40 bits per heavy atom. The second kappa shape index (κ2) is 6.64. The van der Waals surface area contributed by atoms with Crippen LogP contribution < -0.4 is 15.4 Å².